The van der Waals surface area contributed by atoms with E-state index < -0.39 is 0 Å². The summed E-state index contributed by atoms with van der Waals surface area (Å²) in [5, 5.41) is 8.67. The van der Waals surface area contributed by atoms with Crippen LogP contribution in [0.4, 0.5) is 0 Å². The Morgan fingerprint density at radius 1 is 1.43 bits per heavy atom. The number of likely N-dealkylation sites (tertiary alicyclic amines) is 1. The number of nitrogens with one attached hydrogen (secondary N) is 1. The van der Waals surface area contributed by atoms with E-state index in [1.165, 1.54) is 24.8 Å². The molecule has 120 valence electrons. The molecule has 6 heteroatoms. The molecule has 2 heterocycles. The van der Waals surface area contributed by atoms with Gasteiger partial charge in [-0.1, -0.05) is 18.0 Å². The second-order valence-corrected chi connectivity index (χ2v) is 6.15. The second kappa shape index (κ2) is 8.13. The van der Waals surface area contributed by atoms with Crippen molar-refractivity contribution in [2.75, 3.05) is 33.4 Å². The Labute approximate surface area is 132 Å². The van der Waals surface area contributed by atoms with Crippen molar-refractivity contribution in [1.82, 2.24) is 20.0 Å². The first-order valence-corrected chi connectivity index (χ1v) is 8.13. The van der Waals surface area contributed by atoms with Crippen LogP contribution < -0.4 is 5.32 Å². The van der Waals surface area contributed by atoms with E-state index in [0.717, 1.165) is 43.6 Å². The van der Waals surface area contributed by atoms with Crippen LogP contribution in [0.5, 0.6) is 0 Å². The lowest BCUT2D eigenvalue weighted by atomic mass is 10.0. The van der Waals surface area contributed by atoms with Gasteiger partial charge in [-0.3, -0.25) is 9.58 Å². The van der Waals surface area contributed by atoms with Gasteiger partial charge in [-0.05, 0) is 26.3 Å². The number of aromatic nitrogens is 2. The van der Waals surface area contributed by atoms with Gasteiger partial charge in [-0.15, -0.1) is 0 Å². The average Bonchev–Trinajstić information content (AvgIpc) is 2.71. The van der Waals surface area contributed by atoms with Gasteiger partial charge in [0.25, 0.3) is 0 Å². The van der Waals surface area contributed by atoms with E-state index in [2.05, 4.69) is 15.3 Å². The lowest BCUT2D eigenvalue weighted by molar-refractivity contribution is 0.133. The van der Waals surface area contributed by atoms with Gasteiger partial charge in [0.15, 0.2) is 0 Å². The van der Waals surface area contributed by atoms with Crippen molar-refractivity contribution in [3.63, 3.8) is 0 Å². The molecule has 1 N–H and O–H groups in total. The maximum atomic E-state index is 6.37. The molecule has 0 saturated carbocycles. The number of rotatable bonds is 7. The molecule has 1 aliphatic rings. The highest BCUT2D eigenvalue weighted by Gasteiger charge is 2.24. The van der Waals surface area contributed by atoms with Crippen molar-refractivity contribution in [2.45, 2.75) is 38.8 Å². The molecule has 0 spiro atoms. The lowest BCUT2D eigenvalue weighted by Crippen LogP contribution is -2.45. The van der Waals surface area contributed by atoms with Gasteiger partial charge in [-0.25, -0.2) is 0 Å². The molecule has 1 saturated heterocycles. The summed E-state index contributed by atoms with van der Waals surface area (Å²) < 4.78 is 6.85. The predicted molar refractivity (Wildman–Crippen MR) is 85.7 cm³/mol. The standard InChI is InChI=1S/C15H27ClN4O/c1-12-14(15(16)19(2)18-12)11-20-8-5-4-6-13(20)10-17-7-9-21-3/h13,17H,4-11H2,1-3H3. The SMILES string of the molecule is COCCNCC1CCCCN1Cc1c(C)nn(C)c1Cl. The predicted octanol–water partition coefficient (Wildman–Crippen LogP) is 1.97. The third kappa shape index (κ3) is 4.42. The molecule has 1 aromatic rings. The molecule has 1 aromatic heterocycles. The number of hydrogen-bond acceptors (Lipinski definition) is 4. The van der Waals surface area contributed by atoms with Crippen LogP contribution in [0.25, 0.3) is 0 Å². The molecule has 1 atom stereocenters. The minimum atomic E-state index is 0.575. The van der Waals surface area contributed by atoms with Crippen molar-refractivity contribution >= 4 is 11.6 Å². The first-order valence-electron chi connectivity index (χ1n) is 7.75. The number of piperidine rings is 1. The van der Waals surface area contributed by atoms with Gasteiger partial charge >= 0.3 is 0 Å². The molecular formula is C15H27ClN4O. The molecule has 1 unspecified atom stereocenters. The van der Waals surface area contributed by atoms with E-state index in [1.54, 1.807) is 11.8 Å². The van der Waals surface area contributed by atoms with Gasteiger partial charge in [0, 0.05) is 45.4 Å². The van der Waals surface area contributed by atoms with Crippen molar-refractivity contribution in [3.8, 4) is 0 Å². The highest BCUT2D eigenvalue weighted by Crippen LogP contribution is 2.24. The first-order chi connectivity index (χ1) is 10.1. The summed E-state index contributed by atoms with van der Waals surface area (Å²) in [6, 6.07) is 0.575. The van der Waals surface area contributed by atoms with Crippen LogP contribution in [0.2, 0.25) is 5.15 Å². The van der Waals surface area contributed by atoms with E-state index in [-0.39, 0.29) is 0 Å². The molecule has 0 radical (unpaired) electrons. The molecule has 0 amide bonds. The Hall–Kier alpha value is -0.620. The van der Waals surface area contributed by atoms with Crippen molar-refractivity contribution < 1.29 is 4.74 Å². The zero-order valence-corrected chi connectivity index (χ0v) is 14.1. The number of nitrogens with zero attached hydrogens (tertiary/aromatic N) is 3. The third-order valence-electron chi connectivity index (χ3n) is 4.24. The smallest absolute Gasteiger partial charge is 0.131 e. The Kier molecular flexibility index (Phi) is 6.48. The fraction of sp³-hybridized carbons (Fsp3) is 0.800. The summed E-state index contributed by atoms with van der Waals surface area (Å²) in [6.07, 6.45) is 3.83. The van der Waals surface area contributed by atoms with Gasteiger partial charge in [0.05, 0.1) is 12.3 Å². The van der Waals surface area contributed by atoms with Crippen LogP contribution in [0.3, 0.4) is 0 Å². The molecular weight excluding hydrogens is 288 g/mol. The van der Waals surface area contributed by atoms with E-state index >= 15 is 0 Å². The largest absolute Gasteiger partial charge is 0.383 e. The van der Waals surface area contributed by atoms with Gasteiger partial charge in [-0.2, -0.15) is 5.10 Å². The normalized spacial score (nSPS) is 20.1. The van der Waals surface area contributed by atoms with Crippen LogP contribution >= 0.6 is 11.6 Å². The van der Waals surface area contributed by atoms with Crippen molar-refractivity contribution in [1.29, 1.82) is 0 Å². The zero-order chi connectivity index (χ0) is 15.2. The summed E-state index contributed by atoms with van der Waals surface area (Å²) in [5.74, 6) is 0. The Morgan fingerprint density at radius 3 is 2.90 bits per heavy atom. The molecule has 1 aliphatic heterocycles. The lowest BCUT2D eigenvalue weighted by Gasteiger charge is -2.36. The van der Waals surface area contributed by atoms with Gasteiger partial charge in [0.2, 0.25) is 0 Å². The molecule has 0 aliphatic carbocycles. The van der Waals surface area contributed by atoms with Crippen molar-refractivity contribution in [3.05, 3.63) is 16.4 Å². The van der Waals surface area contributed by atoms with Crippen LogP contribution in [0.15, 0.2) is 0 Å². The summed E-state index contributed by atoms with van der Waals surface area (Å²) in [6.45, 7) is 6.77. The second-order valence-electron chi connectivity index (χ2n) is 5.80. The molecule has 0 aromatic carbocycles. The van der Waals surface area contributed by atoms with E-state index in [1.807, 2.05) is 14.0 Å². The monoisotopic (exact) mass is 314 g/mol. The molecule has 2 rings (SSSR count). The Bertz CT molecular complexity index is 449. The fourth-order valence-corrected chi connectivity index (χ4v) is 3.23. The number of methoxy groups -OCH3 is 1. The number of hydrogen-bond donors (Lipinski definition) is 1. The van der Waals surface area contributed by atoms with Crippen LogP contribution in [0, 0.1) is 6.92 Å². The zero-order valence-electron chi connectivity index (χ0n) is 13.4. The van der Waals surface area contributed by atoms with Gasteiger partial charge in [0.1, 0.15) is 5.15 Å². The maximum Gasteiger partial charge on any atom is 0.131 e. The minimum Gasteiger partial charge on any atom is -0.383 e. The Morgan fingerprint density at radius 2 is 2.24 bits per heavy atom. The van der Waals surface area contributed by atoms with Crippen molar-refractivity contribution in [2.24, 2.45) is 7.05 Å². The topological polar surface area (TPSA) is 42.3 Å². The quantitative estimate of drug-likeness (QED) is 0.781. The first kappa shape index (κ1) is 16.7. The molecule has 5 nitrogen and oxygen atoms in total. The highest BCUT2D eigenvalue weighted by atomic mass is 35.5. The summed E-state index contributed by atoms with van der Waals surface area (Å²) in [4.78, 5) is 2.54. The van der Waals surface area contributed by atoms with E-state index in [9.17, 15) is 0 Å². The fourth-order valence-electron chi connectivity index (χ4n) is 3.00. The average molecular weight is 315 g/mol. The van der Waals surface area contributed by atoms with Crippen LogP contribution in [-0.2, 0) is 18.3 Å². The van der Waals surface area contributed by atoms with Crippen LogP contribution in [0.1, 0.15) is 30.5 Å². The van der Waals surface area contributed by atoms with E-state index in [4.69, 9.17) is 16.3 Å². The minimum absolute atomic E-state index is 0.575. The number of halogens is 1. The maximum absolute atomic E-state index is 6.37. The molecule has 1 fully saturated rings. The molecule has 0 bridgehead atoms. The van der Waals surface area contributed by atoms with Crippen LogP contribution in [-0.4, -0.2) is 54.1 Å². The third-order valence-corrected chi connectivity index (χ3v) is 4.72. The number of aryl methyl sites for hydroxylation is 2. The summed E-state index contributed by atoms with van der Waals surface area (Å²) in [5.41, 5.74) is 2.21. The van der Waals surface area contributed by atoms with E-state index in [0.29, 0.717) is 6.04 Å². The Balaban J connectivity index is 1.95. The molecule has 21 heavy (non-hydrogen) atoms. The number of ether oxygens (including phenoxy) is 1. The summed E-state index contributed by atoms with van der Waals surface area (Å²) in [7, 11) is 3.64. The van der Waals surface area contributed by atoms with Gasteiger partial charge < -0.3 is 10.1 Å². The summed E-state index contributed by atoms with van der Waals surface area (Å²) >= 11 is 6.37. The highest BCUT2D eigenvalue weighted by molar-refractivity contribution is 6.30.